The van der Waals surface area contributed by atoms with Gasteiger partial charge in [-0.2, -0.15) is 0 Å². The van der Waals surface area contributed by atoms with Crippen LogP contribution in [0.15, 0.2) is 0 Å². The Balaban J connectivity index is 1.79. The minimum absolute atomic E-state index is 0.251. The predicted octanol–water partition coefficient (Wildman–Crippen LogP) is 0.666. The summed E-state index contributed by atoms with van der Waals surface area (Å²) in [6.45, 7) is 7.61. The average molecular weight is 239 g/mol. The van der Waals surface area contributed by atoms with Crippen LogP contribution in [0.2, 0.25) is 0 Å². The Morgan fingerprint density at radius 3 is 2.65 bits per heavy atom. The fraction of sp³-hybridized carbons (Fsp3) is 0.923. The first-order valence-corrected chi connectivity index (χ1v) is 6.89. The topological polar surface area (TPSA) is 49.6 Å². The molecule has 1 saturated heterocycles. The molecule has 0 radical (unpaired) electrons. The van der Waals surface area contributed by atoms with Gasteiger partial charge in [-0.15, -0.1) is 0 Å². The Hall–Kier alpha value is -0.610. The Kier molecular flexibility index (Phi) is 4.05. The summed E-state index contributed by atoms with van der Waals surface area (Å²) in [5, 5.41) is 0. The minimum atomic E-state index is 0.251. The second kappa shape index (κ2) is 5.36. The van der Waals surface area contributed by atoms with Gasteiger partial charge in [0.15, 0.2) is 0 Å². The number of hydrogen-bond donors (Lipinski definition) is 1. The molecule has 1 amide bonds. The third kappa shape index (κ3) is 3.19. The molecule has 1 heterocycles. The van der Waals surface area contributed by atoms with Crippen molar-refractivity contribution in [3.8, 4) is 0 Å². The lowest BCUT2D eigenvalue weighted by Gasteiger charge is -2.24. The molecule has 98 valence electrons. The van der Waals surface area contributed by atoms with Crippen LogP contribution in [0.4, 0.5) is 0 Å². The van der Waals surface area contributed by atoms with Crippen LogP contribution >= 0.6 is 0 Å². The van der Waals surface area contributed by atoms with Crippen LogP contribution in [-0.4, -0.2) is 54.0 Å². The van der Waals surface area contributed by atoms with Gasteiger partial charge in [-0.25, -0.2) is 0 Å². The van der Waals surface area contributed by atoms with Crippen molar-refractivity contribution in [2.75, 3.05) is 26.2 Å². The van der Waals surface area contributed by atoms with Crippen LogP contribution in [-0.2, 0) is 4.79 Å². The van der Waals surface area contributed by atoms with Gasteiger partial charge in [0.05, 0.1) is 6.54 Å². The van der Waals surface area contributed by atoms with E-state index in [2.05, 4.69) is 18.7 Å². The normalized spacial score (nSPS) is 27.1. The van der Waals surface area contributed by atoms with E-state index >= 15 is 0 Å². The Bertz CT molecular complexity index is 276. The molecule has 0 spiro atoms. The number of likely N-dealkylation sites (tertiary alicyclic amines) is 1. The van der Waals surface area contributed by atoms with Crippen molar-refractivity contribution in [1.29, 1.82) is 0 Å². The van der Waals surface area contributed by atoms with Gasteiger partial charge in [0.2, 0.25) is 5.91 Å². The molecule has 1 saturated carbocycles. The van der Waals surface area contributed by atoms with Gasteiger partial charge in [0.25, 0.3) is 0 Å². The van der Waals surface area contributed by atoms with Crippen LogP contribution < -0.4 is 5.73 Å². The Morgan fingerprint density at radius 1 is 1.47 bits per heavy atom. The van der Waals surface area contributed by atoms with Gasteiger partial charge in [-0.1, -0.05) is 0 Å². The first-order chi connectivity index (χ1) is 8.11. The lowest BCUT2D eigenvalue weighted by molar-refractivity contribution is -0.132. The highest BCUT2D eigenvalue weighted by atomic mass is 16.2. The fourth-order valence-corrected chi connectivity index (χ4v) is 2.74. The third-order valence-electron chi connectivity index (χ3n) is 4.06. The van der Waals surface area contributed by atoms with E-state index < -0.39 is 0 Å². The highest BCUT2D eigenvalue weighted by molar-refractivity contribution is 5.79. The van der Waals surface area contributed by atoms with E-state index in [0.29, 0.717) is 24.4 Å². The molecular weight excluding hydrogens is 214 g/mol. The van der Waals surface area contributed by atoms with Crippen LogP contribution in [0, 0.1) is 5.92 Å². The summed E-state index contributed by atoms with van der Waals surface area (Å²) in [5.74, 6) is 0.874. The van der Waals surface area contributed by atoms with E-state index in [1.165, 1.54) is 12.8 Å². The molecule has 17 heavy (non-hydrogen) atoms. The van der Waals surface area contributed by atoms with E-state index in [1.54, 1.807) is 0 Å². The molecule has 2 unspecified atom stereocenters. The second-order valence-corrected chi connectivity index (χ2v) is 5.55. The monoisotopic (exact) mass is 239 g/mol. The van der Waals surface area contributed by atoms with Crippen LogP contribution in [0.5, 0.6) is 0 Å². The molecule has 2 rings (SSSR count). The van der Waals surface area contributed by atoms with E-state index in [4.69, 9.17) is 5.73 Å². The van der Waals surface area contributed by atoms with Crippen LogP contribution in [0.1, 0.15) is 33.1 Å². The Labute approximate surface area is 104 Å². The van der Waals surface area contributed by atoms with Crippen molar-refractivity contribution >= 4 is 5.91 Å². The van der Waals surface area contributed by atoms with Crippen molar-refractivity contribution in [2.24, 2.45) is 11.7 Å². The summed E-state index contributed by atoms with van der Waals surface area (Å²) in [6.07, 6.45) is 3.53. The molecular formula is C13H25N3O. The van der Waals surface area contributed by atoms with Crippen molar-refractivity contribution < 1.29 is 4.79 Å². The molecule has 0 aromatic heterocycles. The van der Waals surface area contributed by atoms with Gasteiger partial charge in [-0.3, -0.25) is 9.69 Å². The number of likely N-dealkylation sites (N-methyl/N-ethyl adjacent to an activating group) is 1. The summed E-state index contributed by atoms with van der Waals surface area (Å²) < 4.78 is 0. The van der Waals surface area contributed by atoms with Crippen molar-refractivity contribution in [1.82, 2.24) is 9.80 Å². The maximum Gasteiger partial charge on any atom is 0.236 e. The molecule has 1 aliphatic carbocycles. The molecule has 2 atom stereocenters. The number of nitrogens with zero attached hydrogens (tertiary/aromatic N) is 2. The number of carbonyl (C=O) groups excluding carboxylic acids is 1. The molecule has 0 aromatic carbocycles. The zero-order valence-electron chi connectivity index (χ0n) is 11.1. The van der Waals surface area contributed by atoms with E-state index in [0.717, 1.165) is 26.1 Å². The molecule has 1 aliphatic heterocycles. The van der Waals surface area contributed by atoms with E-state index in [9.17, 15) is 4.79 Å². The van der Waals surface area contributed by atoms with Gasteiger partial charge >= 0.3 is 0 Å². The zero-order valence-corrected chi connectivity index (χ0v) is 11.1. The standard InChI is InChI=1S/C13H25N3O/c1-3-16(12-4-5-12)13(17)9-15-7-6-11(8-15)10(2)14/h10-12H,3-9,14H2,1-2H3. The summed E-state index contributed by atoms with van der Waals surface area (Å²) in [4.78, 5) is 16.4. The molecule has 0 aromatic rings. The van der Waals surface area contributed by atoms with E-state index in [1.807, 2.05) is 4.90 Å². The van der Waals surface area contributed by atoms with Crippen molar-refractivity contribution in [3.63, 3.8) is 0 Å². The van der Waals surface area contributed by atoms with Gasteiger partial charge < -0.3 is 10.6 Å². The third-order valence-corrected chi connectivity index (χ3v) is 4.06. The largest absolute Gasteiger partial charge is 0.339 e. The number of carbonyl (C=O) groups is 1. The summed E-state index contributed by atoms with van der Waals surface area (Å²) in [5.41, 5.74) is 5.91. The molecule has 2 N–H and O–H groups in total. The summed E-state index contributed by atoms with van der Waals surface area (Å²) >= 11 is 0. The maximum atomic E-state index is 12.1. The number of rotatable bonds is 5. The summed E-state index contributed by atoms with van der Waals surface area (Å²) in [6, 6.07) is 0.792. The first-order valence-electron chi connectivity index (χ1n) is 6.89. The smallest absolute Gasteiger partial charge is 0.236 e. The van der Waals surface area contributed by atoms with Crippen molar-refractivity contribution in [2.45, 2.75) is 45.2 Å². The first kappa shape index (κ1) is 12.8. The maximum absolute atomic E-state index is 12.1. The van der Waals surface area contributed by atoms with Crippen molar-refractivity contribution in [3.05, 3.63) is 0 Å². The SMILES string of the molecule is CCN(C(=O)CN1CCC(C(C)N)C1)C1CC1. The zero-order chi connectivity index (χ0) is 12.4. The summed E-state index contributed by atoms with van der Waals surface area (Å²) in [7, 11) is 0. The second-order valence-electron chi connectivity index (χ2n) is 5.55. The highest BCUT2D eigenvalue weighted by Crippen LogP contribution is 2.27. The molecule has 2 fully saturated rings. The fourth-order valence-electron chi connectivity index (χ4n) is 2.74. The Morgan fingerprint density at radius 2 is 2.18 bits per heavy atom. The van der Waals surface area contributed by atoms with Crippen LogP contribution in [0.25, 0.3) is 0 Å². The number of amides is 1. The number of nitrogens with two attached hydrogens (primary N) is 1. The quantitative estimate of drug-likeness (QED) is 0.767. The van der Waals surface area contributed by atoms with Gasteiger partial charge in [0, 0.05) is 25.2 Å². The predicted molar refractivity (Wildman–Crippen MR) is 68.6 cm³/mol. The lowest BCUT2D eigenvalue weighted by atomic mass is 10.0. The molecule has 4 nitrogen and oxygen atoms in total. The molecule has 2 aliphatic rings. The lowest BCUT2D eigenvalue weighted by Crippen LogP contribution is -2.41. The molecule has 0 bridgehead atoms. The minimum Gasteiger partial charge on any atom is -0.339 e. The van der Waals surface area contributed by atoms with E-state index in [-0.39, 0.29) is 6.04 Å². The van der Waals surface area contributed by atoms with Gasteiger partial charge in [-0.05, 0) is 45.6 Å². The molecule has 4 heteroatoms. The van der Waals surface area contributed by atoms with Crippen LogP contribution in [0.3, 0.4) is 0 Å². The highest BCUT2D eigenvalue weighted by Gasteiger charge is 2.33. The number of hydrogen-bond acceptors (Lipinski definition) is 3. The average Bonchev–Trinajstić information content (AvgIpc) is 2.98. The van der Waals surface area contributed by atoms with Gasteiger partial charge in [0.1, 0.15) is 0 Å².